The zero-order valence-corrected chi connectivity index (χ0v) is 14.1. The molecular weight excluding hydrogens is 312 g/mol. The smallest absolute Gasteiger partial charge is 0.219 e. The van der Waals surface area contributed by atoms with E-state index in [4.69, 9.17) is 16.4 Å². The molecule has 5 heteroatoms. The largest absolute Gasteiger partial charge is 0.389 e. The summed E-state index contributed by atoms with van der Waals surface area (Å²) in [5.41, 5.74) is 2.34. The van der Waals surface area contributed by atoms with E-state index in [0.717, 1.165) is 50.2 Å². The molecule has 1 saturated heterocycles. The van der Waals surface area contributed by atoms with Crippen molar-refractivity contribution in [2.45, 2.75) is 50.0 Å². The van der Waals surface area contributed by atoms with E-state index < -0.39 is 0 Å². The van der Waals surface area contributed by atoms with Crippen LogP contribution in [0.3, 0.4) is 0 Å². The Bertz CT molecular complexity index is 656. The van der Waals surface area contributed by atoms with Gasteiger partial charge in [0.1, 0.15) is 5.60 Å². The molecule has 0 N–H and O–H groups in total. The van der Waals surface area contributed by atoms with Gasteiger partial charge in [0, 0.05) is 49.7 Å². The van der Waals surface area contributed by atoms with E-state index in [2.05, 4.69) is 17.3 Å². The Morgan fingerprint density at radius 2 is 1.83 bits per heavy atom. The Labute approximate surface area is 141 Å². The summed E-state index contributed by atoms with van der Waals surface area (Å²) in [6, 6.07) is 8.13. The molecule has 122 valence electrons. The monoisotopic (exact) mass is 332 g/mol. The van der Waals surface area contributed by atoms with Gasteiger partial charge in [-0.25, -0.2) is 0 Å². The summed E-state index contributed by atoms with van der Waals surface area (Å²) in [7, 11) is 0. The van der Waals surface area contributed by atoms with Gasteiger partial charge >= 0.3 is 0 Å². The van der Waals surface area contributed by atoms with Crippen LogP contribution < -0.4 is 0 Å². The third-order valence-corrected chi connectivity index (χ3v) is 5.91. The summed E-state index contributed by atoms with van der Waals surface area (Å²) < 4.78 is 0. The van der Waals surface area contributed by atoms with Gasteiger partial charge in [0.2, 0.25) is 5.91 Å². The Balaban J connectivity index is 1.48. The highest BCUT2D eigenvalue weighted by Crippen LogP contribution is 2.53. The Morgan fingerprint density at radius 1 is 1.17 bits per heavy atom. The molecule has 0 bridgehead atoms. The third-order valence-electron chi connectivity index (χ3n) is 5.66. The average Bonchev–Trinajstić information content (AvgIpc) is 3.26. The van der Waals surface area contributed by atoms with Crippen molar-refractivity contribution in [2.75, 3.05) is 13.1 Å². The predicted octanol–water partition coefficient (Wildman–Crippen LogP) is 3.53. The number of carbonyl (C=O) groups excluding carboxylic acids is 1. The van der Waals surface area contributed by atoms with Crippen LogP contribution in [0.4, 0.5) is 0 Å². The molecule has 1 aliphatic carbocycles. The molecule has 23 heavy (non-hydrogen) atoms. The van der Waals surface area contributed by atoms with Crippen LogP contribution in [-0.2, 0) is 15.0 Å². The maximum Gasteiger partial charge on any atom is 0.219 e. The van der Waals surface area contributed by atoms with E-state index in [1.165, 1.54) is 11.3 Å². The van der Waals surface area contributed by atoms with E-state index in [1.807, 2.05) is 17.0 Å². The van der Waals surface area contributed by atoms with Gasteiger partial charge in [-0.3, -0.25) is 4.79 Å². The quantitative estimate of drug-likeness (QED) is 0.831. The lowest BCUT2D eigenvalue weighted by Gasteiger charge is -2.37. The van der Waals surface area contributed by atoms with Crippen molar-refractivity contribution in [1.82, 2.24) is 4.90 Å². The second-order valence-corrected chi connectivity index (χ2v) is 7.52. The first-order valence-corrected chi connectivity index (χ1v) is 8.68. The summed E-state index contributed by atoms with van der Waals surface area (Å²) in [6.45, 7) is 3.17. The first-order chi connectivity index (χ1) is 11.0. The number of hydrogen-bond donors (Lipinski definition) is 0. The van der Waals surface area contributed by atoms with Gasteiger partial charge < -0.3 is 9.74 Å². The number of likely N-dealkylation sites (tertiary alicyclic amines) is 1. The minimum atomic E-state index is -0.191. The molecule has 0 aromatic heterocycles. The number of amides is 1. The van der Waals surface area contributed by atoms with E-state index in [9.17, 15) is 4.79 Å². The van der Waals surface area contributed by atoms with E-state index in [0.29, 0.717) is 0 Å². The standard InChI is InChI=1S/C18H21ClN2O2/c1-13(22)21-10-8-17(9-11-21)12-16(20-23-17)18(6-7-18)14-2-4-15(19)5-3-14/h2-5H,6-12H2,1H3. The Kier molecular flexibility index (Phi) is 3.41. The number of halogens is 1. The molecule has 3 aliphatic rings. The van der Waals surface area contributed by atoms with Crippen molar-refractivity contribution < 1.29 is 9.63 Å². The van der Waals surface area contributed by atoms with Crippen molar-refractivity contribution in [3.05, 3.63) is 34.9 Å². The van der Waals surface area contributed by atoms with Crippen molar-refractivity contribution in [1.29, 1.82) is 0 Å². The third kappa shape index (κ3) is 2.53. The Morgan fingerprint density at radius 3 is 2.39 bits per heavy atom. The summed E-state index contributed by atoms with van der Waals surface area (Å²) >= 11 is 6.01. The molecule has 2 heterocycles. The molecule has 0 unspecified atom stereocenters. The summed E-state index contributed by atoms with van der Waals surface area (Å²) in [6.07, 6.45) is 4.90. The molecule has 2 fully saturated rings. The molecule has 1 amide bonds. The maximum absolute atomic E-state index is 11.5. The number of hydrogen-bond acceptors (Lipinski definition) is 3. The molecule has 1 spiro atoms. The molecule has 1 saturated carbocycles. The second kappa shape index (κ2) is 5.23. The first kappa shape index (κ1) is 15.0. The summed E-state index contributed by atoms with van der Waals surface area (Å²) in [4.78, 5) is 19.3. The topological polar surface area (TPSA) is 41.9 Å². The van der Waals surface area contributed by atoms with E-state index >= 15 is 0 Å². The number of oxime groups is 1. The number of rotatable bonds is 2. The number of benzene rings is 1. The predicted molar refractivity (Wildman–Crippen MR) is 89.7 cm³/mol. The molecule has 4 nitrogen and oxygen atoms in total. The molecule has 2 aliphatic heterocycles. The lowest BCUT2D eigenvalue weighted by Crippen LogP contribution is -2.46. The van der Waals surface area contributed by atoms with Crippen molar-refractivity contribution in [3.63, 3.8) is 0 Å². The van der Waals surface area contributed by atoms with Gasteiger partial charge in [0.05, 0.1) is 5.71 Å². The normalized spacial score (nSPS) is 24.3. The SMILES string of the molecule is CC(=O)N1CCC2(CC1)CC(C1(c3ccc(Cl)cc3)CC1)=NO2. The molecule has 1 aromatic carbocycles. The van der Waals surface area contributed by atoms with Gasteiger partial charge in [-0.1, -0.05) is 28.9 Å². The van der Waals surface area contributed by atoms with Crippen molar-refractivity contribution in [2.24, 2.45) is 5.16 Å². The zero-order valence-electron chi connectivity index (χ0n) is 13.3. The highest BCUT2D eigenvalue weighted by molar-refractivity contribution is 6.30. The molecule has 0 radical (unpaired) electrons. The van der Waals surface area contributed by atoms with Crippen LogP contribution in [0.25, 0.3) is 0 Å². The van der Waals surface area contributed by atoms with Crippen LogP contribution in [0.1, 0.15) is 44.6 Å². The lowest BCUT2D eigenvalue weighted by atomic mass is 9.80. The fraction of sp³-hybridized carbons (Fsp3) is 0.556. The molecule has 0 atom stereocenters. The highest BCUT2D eigenvalue weighted by atomic mass is 35.5. The van der Waals surface area contributed by atoms with Crippen LogP contribution >= 0.6 is 11.6 Å². The number of nitrogens with zero attached hydrogens (tertiary/aromatic N) is 2. The van der Waals surface area contributed by atoms with Crippen LogP contribution in [0.2, 0.25) is 5.02 Å². The molecule has 4 rings (SSSR count). The highest BCUT2D eigenvalue weighted by Gasteiger charge is 2.55. The van der Waals surface area contributed by atoms with Gasteiger partial charge in [-0.05, 0) is 30.5 Å². The average molecular weight is 333 g/mol. The van der Waals surface area contributed by atoms with Crippen LogP contribution in [0.15, 0.2) is 29.4 Å². The number of carbonyl (C=O) groups is 1. The van der Waals surface area contributed by atoms with E-state index in [1.54, 1.807) is 6.92 Å². The molecular formula is C18H21ClN2O2. The van der Waals surface area contributed by atoms with Crippen LogP contribution in [-0.4, -0.2) is 35.2 Å². The van der Waals surface area contributed by atoms with Crippen molar-refractivity contribution in [3.8, 4) is 0 Å². The summed E-state index contributed by atoms with van der Waals surface area (Å²) in [5.74, 6) is 0.152. The van der Waals surface area contributed by atoms with E-state index in [-0.39, 0.29) is 16.9 Å². The van der Waals surface area contributed by atoms with Crippen LogP contribution in [0.5, 0.6) is 0 Å². The zero-order chi connectivity index (χ0) is 16.1. The van der Waals surface area contributed by atoms with Crippen molar-refractivity contribution >= 4 is 23.2 Å². The van der Waals surface area contributed by atoms with Gasteiger partial charge in [-0.2, -0.15) is 0 Å². The molecule has 1 aromatic rings. The summed E-state index contributed by atoms with van der Waals surface area (Å²) in [5, 5.41) is 5.26. The van der Waals surface area contributed by atoms with Gasteiger partial charge in [0.15, 0.2) is 0 Å². The minimum Gasteiger partial charge on any atom is -0.389 e. The van der Waals surface area contributed by atoms with Crippen LogP contribution in [0, 0.1) is 0 Å². The lowest BCUT2D eigenvalue weighted by molar-refractivity contribution is -0.134. The minimum absolute atomic E-state index is 0.0613. The van der Waals surface area contributed by atoms with Gasteiger partial charge in [-0.15, -0.1) is 0 Å². The fourth-order valence-electron chi connectivity index (χ4n) is 3.91. The second-order valence-electron chi connectivity index (χ2n) is 7.08. The van der Waals surface area contributed by atoms with Gasteiger partial charge in [0.25, 0.3) is 0 Å². The first-order valence-electron chi connectivity index (χ1n) is 8.30. The fourth-order valence-corrected chi connectivity index (χ4v) is 4.04. The Hall–Kier alpha value is -1.55. The maximum atomic E-state index is 11.5. The number of piperidine rings is 1.